The minimum atomic E-state index is -0.874. The summed E-state index contributed by atoms with van der Waals surface area (Å²) in [6.45, 7) is 0. The van der Waals surface area contributed by atoms with Gasteiger partial charge in [0.1, 0.15) is 0 Å². The Hall–Kier alpha value is -1.84. The van der Waals surface area contributed by atoms with E-state index in [1.54, 1.807) is 0 Å². The molecule has 1 N–H and O–H groups in total. The lowest BCUT2D eigenvalue weighted by atomic mass is 9.74. The van der Waals surface area contributed by atoms with Crippen LogP contribution in [0.2, 0.25) is 0 Å². The van der Waals surface area contributed by atoms with Crippen molar-refractivity contribution in [3.63, 3.8) is 0 Å². The van der Waals surface area contributed by atoms with E-state index in [2.05, 4.69) is 24.3 Å². The number of hydrogen-bond acceptors (Lipinski definition) is 2. The highest BCUT2D eigenvalue weighted by Gasteiger charge is 2.22. The Bertz CT molecular complexity index is 634. The van der Waals surface area contributed by atoms with Crippen LogP contribution in [0.3, 0.4) is 0 Å². The maximum Gasteiger partial charge on any atom is 0.491 e. The molecule has 1 aliphatic rings. The summed E-state index contributed by atoms with van der Waals surface area (Å²) in [4.78, 5) is 0. The highest BCUT2D eigenvalue weighted by Crippen LogP contribution is 2.30. The van der Waals surface area contributed by atoms with Gasteiger partial charge in [-0.1, -0.05) is 54.6 Å². The maximum absolute atomic E-state index is 9.94. The topological polar surface area (TPSA) is 29.5 Å². The monoisotopic (exact) mass is 250 g/mol. The lowest BCUT2D eigenvalue weighted by Crippen LogP contribution is -2.34. The van der Waals surface area contributed by atoms with E-state index in [0.717, 1.165) is 17.4 Å². The normalized spacial score (nSPS) is 13.1. The summed E-state index contributed by atoms with van der Waals surface area (Å²) < 4.78 is 5.04. The van der Waals surface area contributed by atoms with Gasteiger partial charge in [-0.05, 0) is 34.1 Å². The molecular formula is C16H15BO2. The lowest BCUT2D eigenvalue weighted by Gasteiger charge is -2.11. The molecule has 0 heterocycles. The second-order valence-electron chi connectivity index (χ2n) is 4.72. The fraction of sp³-hybridized carbons (Fsp3) is 0.125. The first-order chi connectivity index (χ1) is 9.29. The molecule has 0 bridgehead atoms. The molecule has 3 heteroatoms. The Labute approximate surface area is 113 Å². The zero-order valence-electron chi connectivity index (χ0n) is 10.8. The van der Waals surface area contributed by atoms with E-state index in [0.29, 0.717) is 0 Å². The van der Waals surface area contributed by atoms with Crippen molar-refractivity contribution in [2.45, 2.75) is 6.42 Å². The molecule has 0 saturated heterocycles. The second kappa shape index (κ2) is 5.04. The van der Waals surface area contributed by atoms with Crippen molar-refractivity contribution in [1.82, 2.24) is 0 Å². The molecule has 0 spiro atoms. The van der Waals surface area contributed by atoms with Gasteiger partial charge in [-0.3, -0.25) is 0 Å². The Morgan fingerprint density at radius 1 is 1.05 bits per heavy atom. The van der Waals surface area contributed by atoms with Crippen LogP contribution in [0.1, 0.15) is 16.7 Å². The van der Waals surface area contributed by atoms with Gasteiger partial charge in [0.2, 0.25) is 0 Å². The van der Waals surface area contributed by atoms with Crippen molar-refractivity contribution in [2.75, 3.05) is 7.11 Å². The fourth-order valence-corrected chi connectivity index (χ4v) is 2.58. The largest absolute Gasteiger partial charge is 0.491 e. The van der Waals surface area contributed by atoms with Crippen LogP contribution in [0.5, 0.6) is 0 Å². The summed E-state index contributed by atoms with van der Waals surface area (Å²) >= 11 is 0. The van der Waals surface area contributed by atoms with Crippen molar-refractivity contribution in [3.05, 3.63) is 65.2 Å². The quantitative estimate of drug-likeness (QED) is 0.845. The molecule has 19 heavy (non-hydrogen) atoms. The van der Waals surface area contributed by atoms with E-state index < -0.39 is 7.12 Å². The predicted octanol–water partition coefficient (Wildman–Crippen LogP) is 2.12. The molecule has 3 rings (SSSR count). The molecule has 0 aromatic heterocycles. The number of hydrogen-bond donors (Lipinski definition) is 1. The van der Waals surface area contributed by atoms with E-state index in [-0.39, 0.29) is 0 Å². The average molecular weight is 250 g/mol. The van der Waals surface area contributed by atoms with Gasteiger partial charge in [-0.15, -0.1) is 0 Å². The summed E-state index contributed by atoms with van der Waals surface area (Å²) in [5, 5.41) is 9.94. The molecule has 2 nitrogen and oxygen atoms in total. The molecule has 2 aromatic rings. The second-order valence-corrected chi connectivity index (χ2v) is 4.72. The number of rotatable bonds is 3. The van der Waals surface area contributed by atoms with Gasteiger partial charge in [0, 0.05) is 7.11 Å². The van der Waals surface area contributed by atoms with Gasteiger partial charge in [0.25, 0.3) is 0 Å². The van der Waals surface area contributed by atoms with Gasteiger partial charge in [-0.2, -0.15) is 0 Å². The first-order valence-electron chi connectivity index (χ1n) is 6.38. The third-order valence-corrected chi connectivity index (χ3v) is 3.56. The first-order valence-corrected chi connectivity index (χ1v) is 6.38. The smallest absolute Gasteiger partial charge is 0.423 e. The molecule has 94 valence electrons. The summed E-state index contributed by atoms with van der Waals surface area (Å²) in [6.07, 6.45) is 3.10. The van der Waals surface area contributed by atoms with Crippen molar-refractivity contribution >= 4 is 24.2 Å². The van der Waals surface area contributed by atoms with Gasteiger partial charge >= 0.3 is 7.12 Å². The Morgan fingerprint density at radius 3 is 2.58 bits per heavy atom. The first kappa shape index (κ1) is 12.2. The van der Waals surface area contributed by atoms with Crippen molar-refractivity contribution in [3.8, 4) is 0 Å². The zero-order chi connectivity index (χ0) is 13.2. The van der Waals surface area contributed by atoms with Crippen molar-refractivity contribution in [2.24, 2.45) is 0 Å². The third kappa shape index (κ3) is 2.23. The number of fused-ring (bicyclic) bond motifs is 1. The van der Waals surface area contributed by atoms with Crippen LogP contribution in [-0.4, -0.2) is 19.3 Å². The van der Waals surface area contributed by atoms with E-state index in [1.165, 1.54) is 23.8 Å². The molecule has 0 unspecified atom stereocenters. The highest BCUT2D eigenvalue weighted by atomic mass is 16.5. The SMILES string of the molecule is COB(O)c1ccccc1C1=Cc2ccccc2C1. The Morgan fingerprint density at radius 2 is 1.79 bits per heavy atom. The lowest BCUT2D eigenvalue weighted by molar-refractivity contribution is 0.341. The van der Waals surface area contributed by atoms with E-state index in [4.69, 9.17) is 4.65 Å². The van der Waals surface area contributed by atoms with Crippen LogP contribution in [0.25, 0.3) is 11.6 Å². The molecule has 1 aliphatic carbocycles. The van der Waals surface area contributed by atoms with Crippen molar-refractivity contribution < 1.29 is 9.68 Å². The predicted molar refractivity (Wildman–Crippen MR) is 79.1 cm³/mol. The zero-order valence-corrected chi connectivity index (χ0v) is 10.8. The van der Waals surface area contributed by atoms with Gasteiger partial charge < -0.3 is 9.68 Å². The molecule has 2 aromatic carbocycles. The summed E-state index contributed by atoms with van der Waals surface area (Å²) in [5.41, 5.74) is 5.71. The fourth-order valence-electron chi connectivity index (χ4n) is 2.58. The van der Waals surface area contributed by atoms with E-state index in [9.17, 15) is 5.02 Å². The minimum Gasteiger partial charge on any atom is -0.423 e. The third-order valence-electron chi connectivity index (χ3n) is 3.56. The summed E-state index contributed by atoms with van der Waals surface area (Å²) in [6, 6.07) is 16.2. The molecule has 0 radical (unpaired) electrons. The van der Waals surface area contributed by atoms with Gasteiger partial charge in [0.15, 0.2) is 0 Å². The number of benzene rings is 2. The highest BCUT2D eigenvalue weighted by molar-refractivity contribution is 6.61. The van der Waals surface area contributed by atoms with Gasteiger partial charge in [0.05, 0.1) is 0 Å². The Balaban J connectivity index is 2.02. The number of allylic oxidation sites excluding steroid dienone is 1. The average Bonchev–Trinajstić information content (AvgIpc) is 2.90. The molecule has 0 amide bonds. The standard InChI is InChI=1S/C16H15BO2/c1-19-17(18)16-9-5-4-8-15(16)14-10-12-6-2-3-7-13(12)11-14/h2-10,18H,11H2,1H3. The molecule has 0 atom stereocenters. The maximum atomic E-state index is 9.94. The summed E-state index contributed by atoms with van der Waals surface area (Å²) in [5.74, 6) is 0. The van der Waals surface area contributed by atoms with Crippen LogP contribution in [0, 0.1) is 0 Å². The molecule has 0 fully saturated rings. The molecule has 0 saturated carbocycles. The van der Waals surface area contributed by atoms with E-state index in [1.807, 2.05) is 30.3 Å². The van der Waals surface area contributed by atoms with Crippen LogP contribution in [0.4, 0.5) is 0 Å². The van der Waals surface area contributed by atoms with Gasteiger partial charge in [-0.25, -0.2) is 0 Å². The molecular weight excluding hydrogens is 235 g/mol. The minimum absolute atomic E-state index is 0.823. The molecule has 0 aliphatic heterocycles. The van der Waals surface area contributed by atoms with Crippen LogP contribution in [0.15, 0.2) is 48.5 Å². The van der Waals surface area contributed by atoms with Crippen LogP contribution in [-0.2, 0) is 11.1 Å². The van der Waals surface area contributed by atoms with Crippen LogP contribution < -0.4 is 5.46 Å². The Kier molecular flexibility index (Phi) is 3.24. The van der Waals surface area contributed by atoms with Crippen molar-refractivity contribution in [1.29, 1.82) is 0 Å². The van der Waals surface area contributed by atoms with Crippen LogP contribution >= 0.6 is 0 Å². The van der Waals surface area contributed by atoms with E-state index >= 15 is 0 Å². The summed E-state index contributed by atoms with van der Waals surface area (Å²) in [7, 11) is 0.639.